The number of benzene rings is 2. The number of rotatable bonds is 4. The van der Waals surface area contributed by atoms with E-state index in [0.29, 0.717) is 5.82 Å². The van der Waals surface area contributed by atoms with Crippen LogP contribution in [0, 0.1) is 13.8 Å². The van der Waals surface area contributed by atoms with Gasteiger partial charge in [-0.15, -0.1) is 10.2 Å². The van der Waals surface area contributed by atoms with Crippen LogP contribution in [-0.2, 0) is 11.3 Å². The summed E-state index contributed by atoms with van der Waals surface area (Å²) in [6.07, 6.45) is 0. The molecule has 0 aliphatic heterocycles. The molecule has 8 nitrogen and oxygen atoms in total. The van der Waals surface area contributed by atoms with E-state index < -0.39 is 0 Å². The van der Waals surface area contributed by atoms with Crippen molar-refractivity contribution in [3.8, 4) is 11.4 Å². The molecule has 2 heterocycles. The number of amides is 1. The number of hydrogen-bond donors (Lipinski definition) is 2. The van der Waals surface area contributed by atoms with Crippen molar-refractivity contribution in [1.29, 1.82) is 0 Å². The van der Waals surface area contributed by atoms with E-state index in [9.17, 15) is 4.79 Å². The van der Waals surface area contributed by atoms with Crippen molar-refractivity contribution in [2.45, 2.75) is 20.4 Å². The molecule has 0 bridgehead atoms. The van der Waals surface area contributed by atoms with Gasteiger partial charge < -0.3 is 10.3 Å². The monoisotopic (exact) mass is 347 g/mol. The molecule has 0 radical (unpaired) electrons. The number of aromatic nitrogens is 6. The van der Waals surface area contributed by atoms with Gasteiger partial charge in [0.2, 0.25) is 11.7 Å². The fourth-order valence-corrected chi connectivity index (χ4v) is 2.73. The first kappa shape index (κ1) is 15.9. The Morgan fingerprint density at radius 1 is 1.19 bits per heavy atom. The zero-order valence-electron chi connectivity index (χ0n) is 14.4. The molecule has 4 aromatic rings. The highest BCUT2D eigenvalue weighted by Gasteiger charge is 2.11. The Labute approximate surface area is 149 Å². The van der Waals surface area contributed by atoms with Crippen LogP contribution >= 0.6 is 0 Å². The van der Waals surface area contributed by atoms with Gasteiger partial charge in [0.1, 0.15) is 12.4 Å². The molecule has 0 spiro atoms. The highest BCUT2D eigenvalue weighted by molar-refractivity contribution is 5.91. The van der Waals surface area contributed by atoms with Crippen molar-refractivity contribution in [2.75, 3.05) is 5.32 Å². The standard InChI is InChI=1S/C18H17N7O/c1-11-5-3-4-6-14(11)21-17(26)10-25-23-18(22-24-25)13-7-8-15-16(9-13)20-12(2)19-15/h3-9H,10H2,1-2H3,(H,19,20)(H,21,26). The Bertz CT molecular complexity index is 1100. The minimum Gasteiger partial charge on any atom is -0.342 e. The zero-order chi connectivity index (χ0) is 18.1. The van der Waals surface area contributed by atoms with Crippen molar-refractivity contribution in [1.82, 2.24) is 30.2 Å². The molecular weight excluding hydrogens is 330 g/mol. The first-order valence-electron chi connectivity index (χ1n) is 8.18. The van der Waals surface area contributed by atoms with E-state index in [1.54, 1.807) is 0 Å². The van der Waals surface area contributed by atoms with E-state index in [1.807, 2.05) is 56.3 Å². The average molecular weight is 347 g/mol. The van der Waals surface area contributed by atoms with Crippen LogP contribution in [0.25, 0.3) is 22.4 Å². The van der Waals surface area contributed by atoms with Gasteiger partial charge in [-0.2, -0.15) is 4.80 Å². The number of anilines is 1. The molecule has 8 heteroatoms. The number of fused-ring (bicyclic) bond motifs is 1. The molecule has 0 saturated carbocycles. The van der Waals surface area contributed by atoms with Gasteiger partial charge in [-0.3, -0.25) is 4.79 Å². The van der Waals surface area contributed by atoms with Crippen molar-refractivity contribution in [3.63, 3.8) is 0 Å². The third kappa shape index (κ3) is 3.16. The van der Waals surface area contributed by atoms with Gasteiger partial charge in [0.15, 0.2) is 0 Å². The molecule has 4 rings (SSSR count). The summed E-state index contributed by atoms with van der Waals surface area (Å²) in [5.41, 5.74) is 4.38. The number of aryl methyl sites for hydroxylation is 2. The summed E-state index contributed by atoms with van der Waals surface area (Å²) in [5, 5.41) is 15.2. The fraction of sp³-hybridized carbons (Fsp3) is 0.167. The predicted molar refractivity (Wildman–Crippen MR) is 97.5 cm³/mol. The Kier molecular flexibility index (Phi) is 3.92. The maximum atomic E-state index is 12.2. The van der Waals surface area contributed by atoms with E-state index in [-0.39, 0.29) is 12.5 Å². The molecular formula is C18H17N7O. The second kappa shape index (κ2) is 6.40. The van der Waals surface area contributed by atoms with Crippen LogP contribution in [0.4, 0.5) is 5.69 Å². The maximum absolute atomic E-state index is 12.2. The maximum Gasteiger partial charge on any atom is 0.248 e. The highest BCUT2D eigenvalue weighted by Crippen LogP contribution is 2.20. The SMILES string of the molecule is Cc1nc2ccc(-c3nnn(CC(=O)Nc4ccccc4C)n3)cc2[nH]1. The minimum atomic E-state index is -0.206. The summed E-state index contributed by atoms with van der Waals surface area (Å²) in [4.78, 5) is 21.0. The van der Waals surface area contributed by atoms with Gasteiger partial charge in [-0.1, -0.05) is 18.2 Å². The number of nitrogens with one attached hydrogen (secondary N) is 2. The van der Waals surface area contributed by atoms with Crippen LogP contribution in [0.1, 0.15) is 11.4 Å². The summed E-state index contributed by atoms with van der Waals surface area (Å²) in [5.74, 6) is 1.10. The third-order valence-corrected chi connectivity index (χ3v) is 4.02. The normalized spacial score (nSPS) is 11.0. The number of carbonyl (C=O) groups is 1. The van der Waals surface area contributed by atoms with Gasteiger partial charge in [0, 0.05) is 11.3 Å². The Balaban J connectivity index is 1.50. The average Bonchev–Trinajstić information content (AvgIpc) is 3.21. The first-order chi connectivity index (χ1) is 12.6. The molecule has 0 aliphatic rings. The molecule has 1 amide bonds. The smallest absolute Gasteiger partial charge is 0.248 e. The lowest BCUT2D eigenvalue weighted by Crippen LogP contribution is -2.20. The molecule has 2 aromatic heterocycles. The molecule has 2 aromatic carbocycles. The van der Waals surface area contributed by atoms with E-state index >= 15 is 0 Å². The van der Waals surface area contributed by atoms with E-state index in [1.165, 1.54) is 4.80 Å². The number of para-hydroxylation sites is 1. The van der Waals surface area contributed by atoms with Gasteiger partial charge in [-0.25, -0.2) is 4.98 Å². The van der Waals surface area contributed by atoms with Crippen LogP contribution in [-0.4, -0.2) is 36.1 Å². The molecule has 130 valence electrons. The highest BCUT2D eigenvalue weighted by atomic mass is 16.2. The van der Waals surface area contributed by atoms with Gasteiger partial charge in [0.05, 0.1) is 11.0 Å². The molecule has 0 saturated heterocycles. The van der Waals surface area contributed by atoms with Gasteiger partial charge in [0.25, 0.3) is 0 Å². The Hall–Kier alpha value is -3.55. The number of aromatic amines is 1. The Morgan fingerprint density at radius 2 is 2.04 bits per heavy atom. The summed E-state index contributed by atoms with van der Waals surface area (Å²) in [6, 6.07) is 13.3. The quantitative estimate of drug-likeness (QED) is 0.590. The van der Waals surface area contributed by atoms with Gasteiger partial charge in [-0.05, 0) is 48.9 Å². The van der Waals surface area contributed by atoms with E-state index in [2.05, 4.69) is 30.7 Å². The summed E-state index contributed by atoms with van der Waals surface area (Å²) in [7, 11) is 0. The van der Waals surface area contributed by atoms with Crippen LogP contribution in [0.2, 0.25) is 0 Å². The summed E-state index contributed by atoms with van der Waals surface area (Å²) < 4.78 is 0. The van der Waals surface area contributed by atoms with Crippen molar-refractivity contribution >= 4 is 22.6 Å². The minimum absolute atomic E-state index is 0.00720. The molecule has 0 aliphatic carbocycles. The molecule has 2 N–H and O–H groups in total. The number of tetrazole rings is 1. The number of hydrogen-bond acceptors (Lipinski definition) is 5. The lowest BCUT2D eigenvalue weighted by Gasteiger charge is -2.07. The number of nitrogens with zero attached hydrogens (tertiary/aromatic N) is 5. The first-order valence-corrected chi connectivity index (χ1v) is 8.18. The topological polar surface area (TPSA) is 101 Å². The van der Waals surface area contributed by atoms with E-state index in [0.717, 1.165) is 33.7 Å². The lowest BCUT2D eigenvalue weighted by atomic mass is 10.2. The van der Waals surface area contributed by atoms with Crippen molar-refractivity contribution in [3.05, 3.63) is 53.9 Å². The van der Waals surface area contributed by atoms with Crippen molar-refractivity contribution < 1.29 is 4.79 Å². The van der Waals surface area contributed by atoms with E-state index in [4.69, 9.17) is 0 Å². The van der Waals surface area contributed by atoms with Crippen LogP contribution < -0.4 is 5.32 Å². The second-order valence-corrected chi connectivity index (χ2v) is 6.06. The van der Waals surface area contributed by atoms with Crippen LogP contribution in [0.15, 0.2) is 42.5 Å². The van der Waals surface area contributed by atoms with Crippen molar-refractivity contribution in [2.24, 2.45) is 0 Å². The number of carbonyl (C=O) groups excluding carboxylic acids is 1. The summed E-state index contributed by atoms with van der Waals surface area (Å²) in [6.45, 7) is 3.84. The van der Waals surface area contributed by atoms with Crippen LogP contribution in [0.5, 0.6) is 0 Å². The zero-order valence-corrected chi connectivity index (χ0v) is 14.4. The Morgan fingerprint density at radius 3 is 2.88 bits per heavy atom. The summed E-state index contributed by atoms with van der Waals surface area (Å²) >= 11 is 0. The second-order valence-electron chi connectivity index (χ2n) is 6.06. The predicted octanol–water partition coefficient (Wildman–Crippen LogP) is 2.47. The molecule has 26 heavy (non-hydrogen) atoms. The number of H-pyrrole nitrogens is 1. The largest absolute Gasteiger partial charge is 0.342 e. The molecule has 0 unspecified atom stereocenters. The third-order valence-electron chi connectivity index (χ3n) is 4.02. The van der Waals surface area contributed by atoms with Gasteiger partial charge >= 0.3 is 0 Å². The number of imidazole rings is 1. The molecule has 0 fully saturated rings. The lowest BCUT2D eigenvalue weighted by molar-refractivity contribution is -0.117. The molecule has 0 atom stereocenters. The fourth-order valence-electron chi connectivity index (χ4n) is 2.73. The van der Waals surface area contributed by atoms with Crippen LogP contribution in [0.3, 0.4) is 0 Å².